The van der Waals surface area contributed by atoms with Crippen molar-refractivity contribution in [3.8, 4) is 5.75 Å². The largest absolute Gasteiger partial charge is 0.508 e. The van der Waals surface area contributed by atoms with Gasteiger partial charge in [0.1, 0.15) is 5.75 Å². The third-order valence-electron chi connectivity index (χ3n) is 3.63. The molecule has 1 amide bonds. The van der Waals surface area contributed by atoms with Crippen LogP contribution < -0.4 is 5.01 Å². The van der Waals surface area contributed by atoms with Crippen LogP contribution in [0.5, 0.6) is 5.75 Å². The van der Waals surface area contributed by atoms with E-state index in [9.17, 15) is 14.7 Å². The molecule has 1 aliphatic heterocycles. The highest BCUT2D eigenvalue weighted by Crippen LogP contribution is 2.25. The van der Waals surface area contributed by atoms with Gasteiger partial charge in [-0.25, -0.2) is 4.79 Å². The molecule has 3 rings (SSSR count). The molecule has 0 fully saturated rings. The van der Waals surface area contributed by atoms with Crippen molar-refractivity contribution in [2.45, 2.75) is 6.92 Å². The number of phenolic OH excluding ortho intramolecular Hbond substituents is 1. The molecule has 0 bridgehead atoms. The van der Waals surface area contributed by atoms with Gasteiger partial charge >= 0.3 is 5.97 Å². The van der Waals surface area contributed by atoms with Gasteiger partial charge in [0.05, 0.1) is 22.5 Å². The first-order valence-electron chi connectivity index (χ1n) is 7.20. The lowest BCUT2D eigenvalue weighted by atomic mass is 10.1. The van der Waals surface area contributed by atoms with E-state index < -0.39 is 5.97 Å². The van der Waals surface area contributed by atoms with E-state index in [1.165, 1.54) is 17.1 Å². The first-order chi connectivity index (χ1) is 11.5. The number of hydrazone groups is 1. The fourth-order valence-corrected chi connectivity index (χ4v) is 2.34. The SMILES string of the molecule is CC1=NN(c2ccc(C(=O)O)cc2)C(=O)/C1=C/c1ccc(O)cc1. The Bertz CT molecular complexity index is 865. The molecule has 2 aromatic carbocycles. The molecule has 0 aliphatic carbocycles. The van der Waals surface area contributed by atoms with E-state index in [2.05, 4.69) is 5.10 Å². The van der Waals surface area contributed by atoms with Gasteiger partial charge in [0.15, 0.2) is 0 Å². The third kappa shape index (κ3) is 2.89. The lowest BCUT2D eigenvalue weighted by molar-refractivity contribution is -0.114. The fraction of sp³-hybridized carbons (Fsp3) is 0.0556. The van der Waals surface area contributed by atoms with Crippen LogP contribution in [0.3, 0.4) is 0 Å². The molecule has 0 spiro atoms. The number of anilines is 1. The molecular formula is C18H14N2O4. The summed E-state index contributed by atoms with van der Waals surface area (Å²) in [7, 11) is 0. The molecule has 24 heavy (non-hydrogen) atoms. The minimum Gasteiger partial charge on any atom is -0.508 e. The lowest BCUT2D eigenvalue weighted by Crippen LogP contribution is -2.21. The molecule has 0 unspecified atom stereocenters. The number of amides is 1. The van der Waals surface area contributed by atoms with Crippen molar-refractivity contribution < 1.29 is 19.8 Å². The topological polar surface area (TPSA) is 90.2 Å². The molecule has 0 aromatic heterocycles. The summed E-state index contributed by atoms with van der Waals surface area (Å²) in [6, 6.07) is 12.4. The summed E-state index contributed by atoms with van der Waals surface area (Å²) < 4.78 is 0. The number of hydrogen-bond acceptors (Lipinski definition) is 4. The highest BCUT2D eigenvalue weighted by Gasteiger charge is 2.28. The predicted octanol–water partition coefficient (Wildman–Crippen LogP) is 2.90. The van der Waals surface area contributed by atoms with E-state index in [1.807, 2.05) is 0 Å². The highest BCUT2D eigenvalue weighted by molar-refractivity contribution is 6.32. The number of carbonyl (C=O) groups is 2. The molecule has 1 heterocycles. The van der Waals surface area contributed by atoms with Gasteiger partial charge in [-0.3, -0.25) is 4.79 Å². The Morgan fingerprint density at radius 1 is 1.08 bits per heavy atom. The van der Waals surface area contributed by atoms with Crippen LogP contribution in [0.15, 0.2) is 59.2 Å². The van der Waals surface area contributed by atoms with Crippen LogP contribution >= 0.6 is 0 Å². The van der Waals surface area contributed by atoms with Crippen molar-refractivity contribution in [3.05, 3.63) is 65.2 Å². The Morgan fingerprint density at radius 2 is 1.71 bits per heavy atom. The van der Waals surface area contributed by atoms with Gasteiger partial charge in [0, 0.05) is 0 Å². The van der Waals surface area contributed by atoms with Crippen LogP contribution in [0.4, 0.5) is 5.69 Å². The second-order valence-electron chi connectivity index (χ2n) is 5.30. The van der Waals surface area contributed by atoms with E-state index in [0.29, 0.717) is 17.0 Å². The second kappa shape index (κ2) is 6.00. The number of carboxylic acid groups (broad SMARTS) is 1. The summed E-state index contributed by atoms with van der Waals surface area (Å²) in [4.78, 5) is 23.5. The van der Waals surface area contributed by atoms with E-state index in [4.69, 9.17) is 5.11 Å². The van der Waals surface area contributed by atoms with Crippen LogP contribution in [-0.2, 0) is 4.79 Å². The number of aromatic hydroxyl groups is 1. The molecular weight excluding hydrogens is 308 g/mol. The summed E-state index contributed by atoms with van der Waals surface area (Å²) in [5, 5.41) is 23.7. The molecule has 6 nitrogen and oxygen atoms in total. The first kappa shape index (κ1) is 15.5. The summed E-state index contributed by atoms with van der Waals surface area (Å²) in [6.45, 7) is 1.73. The average Bonchev–Trinajstić information content (AvgIpc) is 2.85. The summed E-state index contributed by atoms with van der Waals surface area (Å²) >= 11 is 0. The Labute approximate surface area is 138 Å². The molecule has 0 saturated carbocycles. The van der Waals surface area contributed by atoms with Gasteiger partial charge < -0.3 is 10.2 Å². The van der Waals surface area contributed by atoms with Crippen LogP contribution in [-0.4, -0.2) is 27.8 Å². The zero-order valence-corrected chi connectivity index (χ0v) is 12.8. The number of carboxylic acids is 1. The zero-order valence-electron chi connectivity index (χ0n) is 12.8. The standard InChI is InChI=1S/C18H14N2O4/c1-11-16(10-12-2-8-15(21)9-3-12)17(22)20(19-11)14-6-4-13(5-7-14)18(23)24/h2-10,21H,1H3,(H,23,24)/b16-10+. The average molecular weight is 322 g/mol. The lowest BCUT2D eigenvalue weighted by Gasteiger charge is -2.11. The maximum atomic E-state index is 12.6. The van der Waals surface area contributed by atoms with Gasteiger partial charge in [-0.1, -0.05) is 12.1 Å². The molecule has 2 N–H and O–H groups in total. The maximum Gasteiger partial charge on any atom is 0.335 e. The quantitative estimate of drug-likeness (QED) is 0.850. The number of rotatable bonds is 3. The van der Waals surface area contributed by atoms with E-state index in [1.54, 1.807) is 49.4 Å². The van der Waals surface area contributed by atoms with Gasteiger partial charge in [-0.05, 0) is 55.0 Å². The number of benzene rings is 2. The number of carbonyl (C=O) groups excluding carboxylic acids is 1. The van der Waals surface area contributed by atoms with Gasteiger partial charge in [-0.2, -0.15) is 10.1 Å². The monoisotopic (exact) mass is 322 g/mol. The van der Waals surface area contributed by atoms with E-state index in [0.717, 1.165) is 5.56 Å². The van der Waals surface area contributed by atoms with Crippen molar-refractivity contribution >= 4 is 29.4 Å². The first-order valence-corrected chi connectivity index (χ1v) is 7.20. The Morgan fingerprint density at radius 3 is 2.29 bits per heavy atom. The molecule has 0 atom stereocenters. The summed E-state index contributed by atoms with van der Waals surface area (Å²) in [5.74, 6) is -1.16. The fourth-order valence-electron chi connectivity index (χ4n) is 2.34. The minimum atomic E-state index is -1.03. The van der Waals surface area contributed by atoms with Gasteiger partial charge in [0.2, 0.25) is 0 Å². The van der Waals surface area contributed by atoms with Crippen molar-refractivity contribution in [1.82, 2.24) is 0 Å². The van der Waals surface area contributed by atoms with Crippen molar-refractivity contribution in [2.24, 2.45) is 5.10 Å². The molecule has 0 radical (unpaired) electrons. The summed E-state index contributed by atoms with van der Waals surface area (Å²) in [6.07, 6.45) is 1.70. The van der Waals surface area contributed by atoms with E-state index >= 15 is 0 Å². The van der Waals surface area contributed by atoms with Crippen molar-refractivity contribution in [2.75, 3.05) is 5.01 Å². The molecule has 6 heteroatoms. The summed E-state index contributed by atoms with van der Waals surface area (Å²) in [5.41, 5.74) is 2.43. The third-order valence-corrected chi connectivity index (χ3v) is 3.63. The minimum absolute atomic E-state index is 0.144. The molecule has 0 saturated heterocycles. The predicted molar refractivity (Wildman–Crippen MR) is 90.1 cm³/mol. The normalized spacial score (nSPS) is 15.7. The van der Waals surface area contributed by atoms with Crippen LogP contribution in [0.2, 0.25) is 0 Å². The zero-order chi connectivity index (χ0) is 17.3. The van der Waals surface area contributed by atoms with E-state index in [-0.39, 0.29) is 17.2 Å². The van der Waals surface area contributed by atoms with Gasteiger partial charge in [0.25, 0.3) is 5.91 Å². The van der Waals surface area contributed by atoms with Gasteiger partial charge in [-0.15, -0.1) is 0 Å². The Kier molecular flexibility index (Phi) is 3.87. The maximum absolute atomic E-state index is 12.6. The number of phenols is 1. The molecule has 1 aliphatic rings. The van der Waals surface area contributed by atoms with Crippen molar-refractivity contribution in [1.29, 1.82) is 0 Å². The highest BCUT2D eigenvalue weighted by atomic mass is 16.4. The van der Waals surface area contributed by atoms with Crippen LogP contribution in [0.1, 0.15) is 22.8 Å². The number of hydrogen-bond donors (Lipinski definition) is 2. The number of aromatic carboxylic acids is 1. The number of nitrogens with zero attached hydrogens (tertiary/aromatic N) is 2. The molecule has 2 aromatic rings. The smallest absolute Gasteiger partial charge is 0.335 e. The second-order valence-corrected chi connectivity index (χ2v) is 5.30. The van der Waals surface area contributed by atoms with Crippen LogP contribution in [0.25, 0.3) is 6.08 Å². The van der Waals surface area contributed by atoms with Crippen molar-refractivity contribution in [3.63, 3.8) is 0 Å². The molecule has 120 valence electrons. The Balaban J connectivity index is 1.90. The van der Waals surface area contributed by atoms with Crippen LogP contribution in [0, 0.1) is 0 Å². The Hall–Kier alpha value is -3.41.